The van der Waals surface area contributed by atoms with Crippen LogP contribution >= 0.6 is 11.3 Å². The van der Waals surface area contributed by atoms with Gasteiger partial charge in [0, 0.05) is 35.3 Å². The van der Waals surface area contributed by atoms with Crippen LogP contribution < -0.4 is 0 Å². The van der Waals surface area contributed by atoms with Gasteiger partial charge in [0.1, 0.15) is 0 Å². The molecule has 2 aromatic heterocycles. The number of H-pyrrole nitrogens is 1. The molecule has 1 N–H and O–H groups in total. The van der Waals surface area contributed by atoms with Crippen LogP contribution in [0.25, 0.3) is 10.9 Å². The van der Waals surface area contributed by atoms with Gasteiger partial charge in [-0.05, 0) is 35.1 Å². The van der Waals surface area contributed by atoms with Crippen molar-refractivity contribution in [1.29, 1.82) is 0 Å². The predicted molar refractivity (Wildman–Crippen MR) is 112 cm³/mol. The van der Waals surface area contributed by atoms with E-state index in [1.54, 1.807) is 12.1 Å². The summed E-state index contributed by atoms with van der Waals surface area (Å²) in [6.07, 6.45) is 0.738. The Hall–Kier alpha value is -3.45. The van der Waals surface area contributed by atoms with Crippen LogP contribution in [0.2, 0.25) is 0 Å². The number of non-ortho nitro benzene ring substituents is 1. The Kier molecular flexibility index (Phi) is 4.17. The van der Waals surface area contributed by atoms with Gasteiger partial charge in [-0.2, -0.15) is 0 Å². The van der Waals surface area contributed by atoms with Crippen LogP contribution in [0.5, 0.6) is 0 Å². The molecule has 29 heavy (non-hydrogen) atoms. The largest absolute Gasteiger partial charge is 0.356 e. The summed E-state index contributed by atoms with van der Waals surface area (Å²) < 4.78 is 0. The van der Waals surface area contributed by atoms with Crippen LogP contribution in [-0.4, -0.2) is 27.3 Å². The molecule has 0 radical (unpaired) electrons. The fourth-order valence-corrected chi connectivity index (χ4v) is 4.84. The van der Waals surface area contributed by atoms with E-state index in [-0.39, 0.29) is 11.6 Å². The van der Waals surface area contributed by atoms with Crippen molar-refractivity contribution in [2.24, 2.45) is 0 Å². The van der Waals surface area contributed by atoms with Gasteiger partial charge in [-0.3, -0.25) is 14.9 Å². The molecule has 0 bridgehead atoms. The van der Waals surface area contributed by atoms with E-state index < -0.39 is 11.0 Å². The Balaban J connectivity index is 1.70. The normalized spacial score (nSPS) is 16.0. The smallest absolute Gasteiger partial charge is 0.269 e. The third kappa shape index (κ3) is 2.91. The highest BCUT2D eigenvalue weighted by atomic mass is 32.1. The van der Waals surface area contributed by atoms with E-state index in [4.69, 9.17) is 0 Å². The number of amides is 1. The number of aromatic nitrogens is 1. The number of fused-ring (bicyclic) bond motifs is 3. The molecule has 0 saturated carbocycles. The molecule has 0 unspecified atom stereocenters. The first-order chi connectivity index (χ1) is 14.1. The van der Waals surface area contributed by atoms with Crippen LogP contribution in [0, 0.1) is 10.1 Å². The van der Waals surface area contributed by atoms with Crippen molar-refractivity contribution in [3.63, 3.8) is 0 Å². The number of thiophene rings is 1. The lowest BCUT2D eigenvalue weighted by Crippen LogP contribution is -2.40. The quantitative estimate of drug-likeness (QED) is 0.389. The number of hydrogen-bond acceptors (Lipinski definition) is 4. The van der Waals surface area contributed by atoms with Crippen molar-refractivity contribution in [3.05, 3.63) is 97.9 Å². The number of para-hydroxylation sites is 1. The van der Waals surface area contributed by atoms with Gasteiger partial charge >= 0.3 is 0 Å². The Morgan fingerprint density at radius 2 is 2.00 bits per heavy atom. The third-order valence-electron chi connectivity index (χ3n) is 5.42. The van der Waals surface area contributed by atoms with E-state index in [9.17, 15) is 14.9 Å². The van der Waals surface area contributed by atoms with E-state index in [2.05, 4.69) is 11.1 Å². The van der Waals surface area contributed by atoms with Crippen LogP contribution in [0.1, 0.15) is 32.5 Å². The molecule has 0 saturated heterocycles. The van der Waals surface area contributed by atoms with Gasteiger partial charge in [-0.25, -0.2) is 0 Å². The van der Waals surface area contributed by atoms with Crippen LogP contribution in [0.4, 0.5) is 5.69 Å². The average Bonchev–Trinajstić information content (AvgIpc) is 3.40. The number of hydrogen-bond donors (Lipinski definition) is 1. The number of aromatic amines is 1. The number of rotatable bonds is 3. The summed E-state index contributed by atoms with van der Waals surface area (Å²) in [5.74, 6) is -0.0548. The molecule has 3 heterocycles. The second-order valence-electron chi connectivity index (χ2n) is 7.04. The first-order valence-corrected chi connectivity index (χ1v) is 10.2. The molecule has 4 aromatic rings. The standard InChI is InChI=1S/C22H17N3O3S/c26-22(19-9-4-12-29-19)24-11-10-17-16-7-1-2-8-18(16)23-20(17)21(24)14-5-3-6-15(13-14)25(27)28/h1-9,12-13,21,23H,10-11H2/t21-/m0/s1. The minimum atomic E-state index is -0.402. The number of carbonyl (C=O) groups excluding carboxylic acids is 1. The van der Waals surface area contributed by atoms with Crippen molar-refractivity contribution >= 4 is 33.8 Å². The number of carbonyl (C=O) groups is 1. The second-order valence-corrected chi connectivity index (χ2v) is 7.99. The van der Waals surface area contributed by atoms with Gasteiger partial charge in [-0.1, -0.05) is 36.4 Å². The maximum atomic E-state index is 13.3. The fraction of sp³-hybridized carbons (Fsp3) is 0.136. The molecule has 7 heteroatoms. The summed E-state index contributed by atoms with van der Waals surface area (Å²) in [4.78, 5) is 30.2. The van der Waals surface area contributed by atoms with Gasteiger partial charge in [0.05, 0.1) is 15.8 Å². The SMILES string of the molecule is O=C(c1cccs1)N1CCc2c([nH]c3ccccc23)[C@@H]1c1cccc([N+](=O)[O-])c1. The van der Waals surface area contributed by atoms with E-state index in [0.717, 1.165) is 28.6 Å². The van der Waals surface area contributed by atoms with Crippen molar-refractivity contribution in [2.45, 2.75) is 12.5 Å². The van der Waals surface area contributed by atoms with Crippen molar-refractivity contribution in [2.75, 3.05) is 6.54 Å². The molecule has 5 rings (SSSR count). The first-order valence-electron chi connectivity index (χ1n) is 9.32. The maximum Gasteiger partial charge on any atom is 0.269 e. The van der Waals surface area contributed by atoms with Crippen LogP contribution in [0.15, 0.2) is 66.0 Å². The molecule has 1 aliphatic heterocycles. The molecule has 144 valence electrons. The molecular weight excluding hydrogens is 386 g/mol. The van der Waals surface area contributed by atoms with Crippen LogP contribution in [0.3, 0.4) is 0 Å². The van der Waals surface area contributed by atoms with E-state index in [0.29, 0.717) is 11.4 Å². The van der Waals surface area contributed by atoms with Crippen LogP contribution in [-0.2, 0) is 6.42 Å². The number of nitrogens with one attached hydrogen (secondary N) is 1. The zero-order chi connectivity index (χ0) is 20.0. The molecule has 1 amide bonds. The molecule has 0 spiro atoms. The first kappa shape index (κ1) is 17.6. The van der Waals surface area contributed by atoms with Gasteiger partial charge in [0.15, 0.2) is 0 Å². The van der Waals surface area contributed by atoms with Crippen molar-refractivity contribution in [1.82, 2.24) is 9.88 Å². The predicted octanol–water partition coefficient (Wildman–Crippen LogP) is 4.93. The molecule has 1 aliphatic rings. The van der Waals surface area contributed by atoms with Gasteiger partial charge < -0.3 is 9.88 Å². The topological polar surface area (TPSA) is 79.2 Å². The summed E-state index contributed by atoms with van der Waals surface area (Å²) in [5, 5.41) is 14.4. The Morgan fingerprint density at radius 1 is 1.14 bits per heavy atom. The Bertz CT molecular complexity index is 1230. The molecular formula is C22H17N3O3S. The molecule has 0 aliphatic carbocycles. The number of nitro groups is 1. The summed E-state index contributed by atoms with van der Waals surface area (Å²) in [6, 6.07) is 17.9. The number of nitro benzene ring substituents is 1. The summed E-state index contributed by atoms with van der Waals surface area (Å²) in [7, 11) is 0. The highest BCUT2D eigenvalue weighted by molar-refractivity contribution is 7.12. The zero-order valence-corrected chi connectivity index (χ0v) is 16.2. The van der Waals surface area contributed by atoms with E-state index in [1.165, 1.54) is 23.0 Å². The second kappa shape index (κ2) is 6.86. The highest BCUT2D eigenvalue weighted by Crippen LogP contribution is 2.40. The van der Waals surface area contributed by atoms with E-state index >= 15 is 0 Å². The average molecular weight is 403 g/mol. The third-order valence-corrected chi connectivity index (χ3v) is 6.28. The number of nitrogens with zero attached hydrogens (tertiary/aromatic N) is 2. The fourth-order valence-electron chi connectivity index (χ4n) is 4.16. The lowest BCUT2D eigenvalue weighted by Gasteiger charge is -2.36. The highest BCUT2D eigenvalue weighted by Gasteiger charge is 2.35. The molecule has 6 nitrogen and oxygen atoms in total. The molecule has 0 fully saturated rings. The minimum Gasteiger partial charge on any atom is -0.356 e. The minimum absolute atomic E-state index is 0.0225. The lowest BCUT2D eigenvalue weighted by molar-refractivity contribution is -0.384. The summed E-state index contributed by atoms with van der Waals surface area (Å²) in [6.45, 7) is 0.555. The van der Waals surface area contributed by atoms with Crippen molar-refractivity contribution < 1.29 is 9.72 Å². The Labute approximate surface area is 170 Å². The van der Waals surface area contributed by atoms with E-state index in [1.807, 2.05) is 46.7 Å². The summed E-state index contributed by atoms with van der Waals surface area (Å²) >= 11 is 1.41. The lowest BCUT2D eigenvalue weighted by atomic mass is 9.92. The zero-order valence-electron chi connectivity index (χ0n) is 15.4. The maximum absolute atomic E-state index is 13.3. The number of benzene rings is 2. The molecule has 2 aromatic carbocycles. The van der Waals surface area contributed by atoms with Gasteiger partial charge in [0.2, 0.25) is 0 Å². The van der Waals surface area contributed by atoms with Gasteiger partial charge in [-0.15, -0.1) is 11.3 Å². The molecule has 1 atom stereocenters. The Morgan fingerprint density at radius 3 is 2.79 bits per heavy atom. The van der Waals surface area contributed by atoms with Crippen molar-refractivity contribution in [3.8, 4) is 0 Å². The monoisotopic (exact) mass is 403 g/mol. The van der Waals surface area contributed by atoms with Gasteiger partial charge in [0.25, 0.3) is 11.6 Å². The summed E-state index contributed by atoms with van der Waals surface area (Å²) in [5.41, 5.74) is 3.87.